The van der Waals surface area contributed by atoms with Crippen LogP contribution in [0.3, 0.4) is 0 Å². The van der Waals surface area contributed by atoms with E-state index in [2.05, 4.69) is 6.92 Å². The molecule has 5 heteroatoms. The normalized spacial score (nSPS) is 12.2. The first kappa shape index (κ1) is 17.6. The molecule has 0 radical (unpaired) electrons. The van der Waals surface area contributed by atoms with Gasteiger partial charge in [-0.25, -0.2) is 0 Å². The van der Waals surface area contributed by atoms with Gasteiger partial charge in [-0.1, -0.05) is 43.8 Å². The van der Waals surface area contributed by atoms with Gasteiger partial charge < -0.3 is 10.5 Å². The fraction of sp³-hybridized carbons (Fsp3) is 0.500. The second kappa shape index (κ2) is 8.74. The summed E-state index contributed by atoms with van der Waals surface area (Å²) in [6, 6.07) is 7.57. The summed E-state index contributed by atoms with van der Waals surface area (Å²) in [5, 5.41) is 0. The number of rotatable bonds is 8. The zero-order chi connectivity index (χ0) is 15.8. The smallest absolute Gasteiger partial charge is 0.323 e. The lowest BCUT2D eigenvalue weighted by Gasteiger charge is -2.26. The maximum Gasteiger partial charge on any atom is 0.323 e. The van der Waals surface area contributed by atoms with Crippen LogP contribution in [-0.4, -0.2) is 35.6 Å². The first-order valence-electron chi connectivity index (χ1n) is 7.25. The molecule has 0 spiro atoms. The minimum absolute atomic E-state index is 0.160. The van der Waals surface area contributed by atoms with E-state index in [0.717, 1.165) is 24.0 Å². The molecule has 0 saturated carbocycles. The second-order valence-electron chi connectivity index (χ2n) is 5.04. The molecule has 0 aliphatic carbocycles. The summed E-state index contributed by atoms with van der Waals surface area (Å²) in [4.78, 5) is 14.4. The highest BCUT2D eigenvalue weighted by atomic mass is 32.1. The van der Waals surface area contributed by atoms with Gasteiger partial charge in [-0.2, -0.15) is 0 Å². The SMILES string of the molecule is CCCC(C(=O)OCC)N(C)Cc1cccc(C(N)=S)c1. The van der Waals surface area contributed by atoms with Gasteiger partial charge in [0.05, 0.1) is 6.61 Å². The Labute approximate surface area is 132 Å². The molecule has 0 fully saturated rings. The molecular weight excluding hydrogens is 284 g/mol. The van der Waals surface area contributed by atoms with Gasteiger partial charge in [0.2, 0.25) is 0 Å². The number of likely N-dealkylation sites (N-methyl/N-ethyl adjacent to an activating group) is 1. The summed E-state index contributed by atoms with van der Waals surface area (Å²) in [5.74, 6) is -0.160. The van der Waals surface area contributed by atoms with Gasteiger partial charge >= 0.3 is 5.97 Å². The molecule has 2 N–H and O–H groups in total. The number of nitrogens with two attached hydrogens (primary N) is 1. The van der Waals surface area contributed by atoms with Gasteiger partial charge in [0.25, 0.3) is 0 Å². The van der Waals surface area contributed by atoms with Crippen LogP contribution in [0.5, 0.6) is 0 Å². The summed E-state index contributed by atoms with van der Waals surface area (Å²) in [7, 11) is 1.94. The lowest BCUT2D eigenvalue weighted by molar-refractivity contribution is -0.149. The van der Waals surface area contributed by atoms with Crippen molar-refractivity contribution in [2.45, 2.75) is 39.3 Å². The number of hydrogen-bond donors (Lipinski definition) is 1. The summed E-state index contributed by atoms with van der Waals surface area (Å²) in [6.45, 7) is 4.95. The molecule has 4 nitrogen and oxygen atoms in total. The van der Waals surface area contributed by atoms with Crippen LogP contribution >= 0.6 is 12.2 Å². The molecule has 1 aromatic carbocycles. The molecule has 0 aliphatic heterocycles. The molecule has 0 saturated heterocycles. The van der Waals surface area contributed by atoms with Gasteiger partial charge in [-0.05, 0) is 32.0 Å². The van der Waals surface area contributed by atoms with Gasteiger partial charge in [-0.3, -0.25) is 9.69 Å². The Morgan fingerprint density at radius 1 is 1.43 bits per heavy atom. The molecule has 0 heterocycles. The van der Waals surface area contributed by atoms with E-state index in [1.807, 2.05) is 43.1 Å². The van der Waals surface area contributed by atoms with E-state index in [4.69, 9.17) is 22.7 Å². The third kappa shape index (κ3) is 5.44. The standard InChI is InChI=1S/C16H24N2O2S/c1-4-7-14(16(19)20-5-2)18(3)11-12-8-6-9-13(10-12)15(17)21/h6,8-10,14H,4-5,7,11H2,1-3H3,(H2,17,21). The highest BCUT2D eigenvalue weighted by Gasteiger charge is 2.23. The summed E-state index contributed by atoms with van der Waals surface area (Å²) in [6.07, 6.45) is 1.71. The minimum Gasteiger partial charge on any atom is -0.465 e. The monoisotopic (exact) mass is 308 g/mol. The van der Waals surface area contributed by atoms with Crippen LogP contribution in [0.2, 0.25) is 0 Å². The molecule has 1 rings (SSSR count). The first-order chi connectivity index (χ1) is 9.99. The lowest BCUT2D eigenvalue weighted by Crippen LogP contribution is -2.39. The Morgan fingerprint density at radius 3 is 2.71 bits per heavy atom. The number of carbonyl (C=O) groups excluding carboxylic acids is 1. The zero-order valence-corrected chi connectivity index (χ0v) is 13.8. The molecule has 0 amide bonds. The van der Waals surface area contributed by atoms with Crippen LogP contribution < -0.4 is 5.73 Å². The molecule has 0 aliphatic rings. The van der Waals surface area contributed by atoms with Gasteiger partial charge in [0.1, 0.15) is 11.0 Å². The number of benzene rings is 1. The number of carbonyl (C=O) groups is 1. The molecule has 21 heavy (non-hydrogen) atoms. The van der Waals surface area contributed by atoms with Crippen LogP contribution in [0.25, 0.3) is 0 Å². The highest BCUT2D eigenvalue weighted by molar-refractivity contribution is 7.80. The maximum absolute atomic E-state index is 12.0. The Morgan fingerprint density at radius 2 is 2.14 bits per heavy atom. The topological polar surface area (TPSA) is 55.6 Å². The third-order valence-corrected chi connectivity index (χ3v) is 3.53. The van der Waals surface area contributed by atoms with Crippen LogP contribution in [0, 0.1) is 0 Å². The van der Waals surface area contributed by atoms with Crippen LogP contribution in [-0.2, 0) is 16.1 Å². The Kier molecular flexibility index (Phi) is 7.32. The molecule has 1 atom stereocenters. The predicted octanol–water partition coefficient (Wildman–Crippen LogP) is 2.48. The van der Waals surface area contributed by atoms with Gasteiger partial charge in [0, 0.05) is 12.1 Å². The van der Waals surface area contributed by atoms with E-state index in [1.54, 1.807) is 0 Å². The number of ether oxygens (including phenoxy) is 1. The average molecular weight is 308 g/mol. The quantitative estimate of drug-likeness (QED) is 0.590. The molecule has 0 aromatic heterocycles. The Balaban J connectivity index is 2.80. The van der Waals surface area contributed by atoms with Crippen LogP contribution in [0.1, 0.15) is 37.8 Å². The van der Waals surface area contributed by atoms with Crippen molar-refractivity contribution in [3.63, 3.8) is 0 Å². The van der Waals surface area contributed by atoms with Gasteiger partial charge in [-0.15, -0.1) is 0 Å². The largest absolute Gasteiger partial charge is 0.465 e. The summed E-state index contributed by atoms with van der Waals surface area (Å²) in [5.41, 5.74) is 7.58. The van der Waals surface area contributed by atoms with E-state index in [0.29, 0.717) is 18.1 Å². The third-order valence-electron chi connectivity index (χ3n) is 3.30. The molecule has 1 unspecified atom stereocenters. The van der Waals surface area contributed by atoms with E-state index >= 15 is 0 Å². The second-order valence-corrected chi connectivity index (χ2v) is 5.48. The van der Waals surface area contributed by atoms with Crippen molar-refractivity contribution in [2.24, 2.45) is 5.73 Å². The predicted molar refractivity (Wildman–Crippen MR) is 89.1 cm³/mol. The van der Waals surface area contributed by atoms with Crippen molar-refractivity contribution in [1.29, 1.82) is 0 Å². The van der Waals surface area contributed by atoms with Crippen molar-refractivity contribution in [2.75, 3.05) is 13.7 Å². The van der Waals surface area contributed by atoms with E-state index in [9.17, 15) is 4.79 Å². The minimum atomic E-state index is -0.219. The lowest BCUT2D eigenvalue weighted by atomic mass is 10.1. The molecular formula is C16H24N2O2S. The number of esters is 1. The summed E-state index contributed by atoms with van der Waals surface area (Å²) >= 11 is 4.99. The van der Waals surface area contributed by atoms with Crippen LogP contribution in [0.15, 0.2) is 24.3 Å². The van der Waals surface area contributed by atoms with Crippen molar-refractivity contribution in [3.05, 3.63) is 35.4 Å². The molecule has 116 valence electrons. The maximum atomic E-state index is 12.0. The number of nitrogens with zero attached hydrogens (tertiary/aromatic N) is 1. The van der Waals surface area contributed by atoms with Gasteiger partial charge in [0.15, 0.2) is 0 Å². The Hall–Kier alpha value is -1.46. The fourth-order valence-corrected chi connectivity index (χ4v) is 2.38. The zero-order valence-electron chi connectivity index (χ0n) is 13.0. The van der Waals surface area contributed by atoms with Crippen molar-refractivity contribution in [1.82, 2.24) is 4.90 Å². The summed E-state index contributed by atoms with van der Waals surface area (Å²) < 4.78 is 5.16. The molecule has 1 aromatic rings. The van der Waals surface area contributed by atoms with Crippen molar-refractivity contribution < 1.29 is 9.53 Å². The molecule has 0 bridgehead atoms. The van der Waals surface area contributed by atoms with E-state index in [1.165, 1.54) is 0 Å². The highest BCUT2D eigenvalue weighted by Crippen LogP contribution is 2.13. The first-order valence-corrected chi connectivity index (χ1v) is 7.66. The van der Waals surface area contributed by atoms with Crippen molar-refractivity contribution >= 4 is 23.2 Å². The number of hydrogen-bond acceptors (Lipinski definition) is 4. The Bertz CT molecular complexity index is 491. The van der Waals surface area contributed by atoms with Crippen molar-refractivity contribution in [3.8, 4) is 0 Å². The number of thiocarbonyl (C=S) groups is 1. The van der Waals surface area contributed by atoms with Crippen LogP contribution in [0.4, 0.5) is 0 Å². The van der Waals surface area contributed by atoms with E-state index < -0.39 is 0 Å². The average Bonchev–Trinajstić information content (AvgIpc) is 2.45. The fourth-order valence-electron chi connectivity index (χ4n) is 2.25. The van der Waals surface area contributed by atoms with E-state index in [-0.39, 0.29) is 12.0 Å².